The van der Waals surface area contributed by atoms with E-state index in [4.69, 9.17) is 0 Å². The molecular formula is C18H19F2N3O2. The molecule has 5 nitrogen and oxygen atoms in total. The Labute approximate surface area is 144 Å². The van der Waals surface area contributed by atoms with Crippen LogP contribution in [0.1, 0.15) is 28.4 Å². The van der Waals surface area contributed by atoms with Crippen molar-refractivity contribution >= 4 is 11.7 Å². The predicted molar refractivity (Wildman–Crippen MR) is 89.3 cm³/mol. The highest BCUT2D eigenvalue weighted by molar-refractivity contribution is 5.94. The number of hydrogen-bond donors (Lipinski definition) is 1. The maximum atomic E-state index is 13.5. The zero-order chi connectivity index (χ0) is 18.1. The molecule has 1 fully saturated rings. The van der Waals surface area contributed by atoms with Crippen molar-refractivity contribution in [2.24, 2.45) is 0 Å². The van der Waals surface area contributed by atoms with Gasteiger partial charge in [-0.15, -0.1) is 0 Å². The third-order valence-corrected chi connectivity index (χ3v) is 4.32. The minimum absolute atomic E-state index is 0.137. The van der Waals surface area contributed by atoms with Gasteiger partial charge in [0.05, 0.1) is 17.7 Å². The molecule has 2 atom stereocenters. The molecule has 2 aromatic rings. The third kappa shape index (κ3) is 3.46. The van der Waals surface area contributed by atoms with Crippen molar-refractivity contribution in [3.63, 3.8) is 0 Å². The third-order valence-electron chi connectivity index (χ3n) is 4.32. The quantitative estimate of drug-likeness (QED) is 0.926. The van der Waals surface area contributed by atoms with E-state index < -0.39 is 23.8 Å². The van der Waals surface area contributed by atoms with Crippen LogP contribution in [0.4, 0.5) is 14.6 Å². The lowest BCUT2D eigenvalue weighted by Crippen LogP contribution is -2.32. The fourth-order valence-electron chi connectivity index (χ4n) is 3.02. The summed E-state index contributed by atoms with van der Waals surface area (Å²) in [5.74, 6) is -1.49. The molecule has 0 unspecified atom stereocenters. The van der Waals surface area contributed by atoms with Gasteiger partial charge in [-0.25, -0.2) is 13.8 Å². The van der Waals surface area contributed by atoms with Crippen molar-refractivity contribution in [1.82, 2.24) is 9.88 Å². The Morgan fingerprint density at radius 3 is 2.60 bits per heavy atom. The van der Waals surface area contributed by atoms with E-state index in [-0.39, 0.29) is 18.9 Å². The SMILES string of the molecule is CN(C)c1ccc(C(=O)N2C[C@H](O)C[C@@H]2c2ccc(F)c(F)c2)cn1. The first-order valence-electron chi connectivity index (χ1n) is 7.94. The summed E-state index contributed by atoms with van der Waals surface area (Å²) in [5.41, 5.74) is 0.842. The lowest BCUT2D eigenvalue weighted by Gasteiger charge is -2.25. The van der Waals surface area contributed by atoms with E-state index in [1.807, 2.05) is 19.0 Å². The average Bonchev–Trinajstić information content (AvgIpc) is 2.98. The fourth-order valence-corrected chi connectivity index (χ4v) is 3.02. The van der Waals surface area contributed by atoms with E-state index in [1.165, 1.54) is 17.2 Å². The number of carbonyl (C=O) groups is 1. The maximum Gasteiger partial charge on any atom is 0.256 e. The number of carbonyl (C=O) groups excluding carboxylic acids is 1. The van der Waals surface area contributed by atoms with Crippen LogP contribution in [0, 0.1) is 11.6 Å². The van der Waals surface area contributed by atoms with Crippen LogP contribution in [0.5, 0.6) is 0 Å². The van der Waals surface area contributed by atoms with Crippen LogP contribution in [0.15, 0.2) is 36.5 Å². The molecule has 1 amide bonds. The molecule has 1 aromatic carbocycles. The van der Waals surface area contributed by atoms with Crippen molar-refractivity contribution < 1.29 is 18.7 Å². The lowest BCUT2D eigenvalue weighted by molar-refractivity contribution is 0.0715. The minimum Gasteiger partial charge on any atom is -0.391 e. The van der Waals surface area contributed by atoms with Crippen LogP contribution in [0.3, 0.4) is 0 Å². The minimum atomic E-state index is -0.969. The van der Waals surface area contributed by atoms with E-state index in [9.17, 15) is 18.7 Å². The Morgan fingerprint density at radius 2 is 2.00 bits per heavy atom. The molecule has 2 heterocycles. The molecule has 1 aliphatic heterocycles. The first-order valence-corrected chi connectivity index (χ1v) is 7.94. The van der Waals surface area contributed by atoms with E-state index in [1.54, 1.807) is 12.1 Å². The Kier molecular flexibility index (Phi) is 4.67. The van der Waals surface area contributed by atoms with Crippen molar-refractivity contribution in [3.8, 4) is 0 Å². The molecular weight excluding hydrogens is 328 g/mol. The summed E-state index contributed by atoms with van der Waals surface area (Å²) in [6.45, 7) is 0.137. The van der Waals surface area contributed by atoms with Gasteiger partial charge >= 0.3 is 0 Å². The number of β-amino-alcohol motifs (C(OH)–C–C–N with tert-alkyl or cyclic N) is 1. The molecule has 0 spiro atoms. The van der Waals surface area contributed by atoms with E-state index in [0.29, 0.717) is 11.1 Å². The topological polar surface area (TPSA) is 56.7 Å². The maximum absolute atomic E-state index is 13.5. The van der Waals surface area contributed by atoms with E-state index >= 15 is 0 Å². The molecule has 1 aliphatic rings. The molecule has 0 radical (unpaired) electrons. The van der Waals surface area contributed by atoms with Crippen LogP contribution in [-0.2, 0) is 0 Å². The molecule has 25 heavy (non-hydrogen) atoms. The summed E-state index contributed by atoms with van der Waals surface area (Å²) in [5, 5.41) is 9.98. The molecule has 7 heteroatoms. The van der Waals surface area contributed by atoms with Gasteiger partial charge in [-0.05, 0) is 36.2 Å². The standard InChI is InChI=1S/C18H19F2N3O2/c1-22(2)17-6-4-12(9-21-17)18(25)23-10-13(24)8-16(23)11-3-5-14(19)15(20)7-11/h3-7,9,13,16,24H,8,10H2,1-2H3/t13-,16-/m1/s1. The van der Waals surface area contributed by atoms with Crippen LogP contribution in [0.25, 0.3) is 0 Å². The van der Waals surface area contributed by atoms with Gasteiger partial charge < -0.3 is 14.9 Å². The van der Waals surface area contributed by atoms with Crippen molar-refractivity contribution in [2.45, 2.75) is 18.6 Å². The zero-order valence-electron chi connectivity index (χ0n) is 14.0. The summed E-state index contributed by atoms with van der Waals surface area (Å²) in [6, 6.07) is 6.43. The largest absolute Gasteiger partial charge is 0.391 e. The predicted octanol–water partition coefficient (Wildman–Crippen LogP) is 2.37. The number of halogens is 2. The van der Waals surface area contributed by atoms with Gasteiger partial charge in [0, 0.05) is 26.8 Å². The first kappa shape index (κ1) is 17.3. The summed E-state index contributed by atoms with van der Waals surface area (Å²) in [7, 11) is 3.69. The van der Waals surface area contributed by atoms with E-state index in [0.717, 1.165) is 18.0 Å². The Hall–Kier alpha value is -2.54. The number of aliphatic hydroxyl groups is 1. The number of aromatic nitrogens is 1. The molecule has 0 aliphatic carbocycles. The molecule has 0 bridgehead atoms. The number of likely N-dealkylation sites (tertiary alicyclic amines) is 1. The summed E-state index contributed by atoms with van der Waals surface area (Å²) >= 11 is 0. The number of pyridine rings is 1. The lowest BCUT2D eigenvalue weighted by atomic mass is 10.0. The van der Waals surface area contributed by atoms with Crippen LogP contribution in [-0.4, -0.2) is 47.6 Å². The zero-order valence-corrected chi connectivity index (χ0v) is 14.0. The van der Waals surface area contributed by atoms with Crippen LogP contribution < -0.4 is 4.90 Å². The highest BCUT2D eigenvalue weighted by atomic mass is 19.2. The summed E-state index contributed by atoms with van der Waals surface area (Å²) < 4.78 is 26.7. The molecule has 0 saturated carbocycles. The fraction of sp³-hybridized carbons (Fsp3) is 0.333. The second kappa shape index (κ2) is 6.76. The van der Waals surface area contributed by atoms with Gasteiger partial charge in [0.1, 0.15) is 5.82 Å². The molecule has 132 valence electrons. The van der Waals surface area contributed by atoms with Gasteiger partial charge in [-0.1, -0.05) is 6.07 Å². The number of rotatable bonds is 3. The average molecular weight is 347 g/mol. The summed E-state index contributed by atoms with van der Waals surface area (Å²) in [6.07, 6.45) is 1.04. The molecule has 1 N–H and O–H groups in total. The number of benzene rings is 1. The highest BCUT2D eigenvalue weighted by Crippen LogP contribution is 2.34. The van der Waals surface area contributed by atoms with Crippen molar-refractivity contribution in [2.75, 3.05) is 25.5 Å². The molecule has 1 aromatic heterocycles. The number of nitrogens with zero attached hydrogens (tertiary/aromatic N) is 3. The Balaban J connectivity index is 1.87. The van der Waals surface area contributed by atoms with E-state index in [2.05, 4.69) is 4.98 Å². The molecule has 3 rings (SSSR count). The van der Waals surface area contributed by atoms with Crippen LogP contribution in [0.2, 0.25) is 0 Å². The second-order valence-electron chi connectivity index (χ2n) is 6.34. The van der Waals surface area contributed by atoms with Crippen molar-refractivity contribution in [3.05, 3.63) is 59.3 Å². The smallest absolute Gasteiger partial charge is 0.256 e. The van der Waals surface area contributed by atoms with Gasteiger partial charge in [0.15, 0.2) is 11.6 Å². The van der Waals surface area contributed by atoms with Crippen LogP contribution >= 0.6 is 0 Å². The second-order valence-corrected chi connectivity index (χ2v) is 6.34. The monoisotopic (exact) mass is 347 g/mol. The van der Waals surface area contributed by atoms with Gasteiger partial charge in [0.25, 0.3) is 5.91 Å². The normalized spacial score (nSPS) is 20.0. The van der Waals surface area contributed by atoms with Gasteiger partial charge in [-0.2, -0.15) is 0 Å². The van der Waals surface area contributed by atoms with Gasteiger partial charge in [0.2, 0.25) is 0 Å². The number of anilines is 1. The highest BCUT2D eigenvalue weighted by Gasteiger charge is 2.36. The number of hydrogen-bond acceptors (Lipinski definition) is 4. The summed E-state index contributed by atoms with van der Waals surface area (Å²) in [4.78, 5) is 20.3. The Morgan fingerprint density at radius 1 is 1.24 bits per heavy atom. The van der Waals surface area contributed by atoms with Gasteiger partial charge in [-0.3, -0.25) is 4.79 Å². The first-order chi connectivity index (χ1) is 11.9. The Bertz CT molecular complexity index is 780. The number of amides is 1. The number of aliphatic hydroxyl groups excluding tert-OH is 1. The molecule has 1 saturated heterocycles. The van der Waals surface area contributed by atoms with Crippen molar-refractivity contribution in [1.29, 1.82) is 0 Å².